The molecule has 7 heteroatoms. The molecule has 2 heterocycles. The molecule has 0 spiro atoms. The Morgan fingerprint density at radius 1 is 1.40 bits per heavy atom. The highest BCUT2D eigenvalue weighted by atomic mass is 35.5. The van der Waals surface area contributed by atoms with Crippen LogP contribution >= 0.6 is 11.6 Å². The number of nitrogens with zero attached hydrogens (tertiary/aromatic N) is 2. The Labute approximate surface area is 121 Å². The molecule has 0 saturated heterocycles. The number of amides is 1. The smallest absolute Gasteiger partial charge is 0.301 e. The summed E-state index contributed by atoms with van der Waals surface area (Å²) in [7, 11) is 0. The number of anilines is 2. The van der Waals surface area contributed by atoms with Crippen LogP contribution in [0.25, 0.3) is 0 Å². The zero-order chi connectivity index (χ0) is 14.5. The minimum atomic E-state index is -0.351. The van der Waals surface area contributed by atoms with Gasteiger partial charge in [0.25, 0.3) is 5.91 Å². The molecule has 2 aromatic rings. The Balaban J connectivity index is 2.14. The molecule has 0 unspecified atom stereocenters. The summed E-state index contributed by atoms with van der Waals surface area (Å²) in [5.74, 6) is 0.212. The van der Waals surface area contributed by atoms with Gasteiger partial charge >= 0.3 is 6.01 Å². The molecular formula is C13H15ClN4O2. The van der Waals surface area contributed by atoms with Gasteiger partial charge in [0.2, 0.25) is 0 Å². The van der Waals surface area contributed by atoms with Gasteiger partial charge in [-0.15, -0.1) is 0 Å². The molecule has 0 atom stereocenters. The zero-order valence-electron chi connectivity index (χ0n) is 11.2. The number of hydrogen-bond acceptors (Lipinski definition) is 5. The van der Waals surface area contributed by atoms with E-state index in [1.54, 1.807) is 13.0 Å². The summed E-state index contributed by atoms with van der Waals surface area (Å²) < 4.78 is 5.07. The van der Waals surface area contributed by atoms with Crippen molar-refractivity contribution in [3.63, 3.8) is 0 Å². The summed E-state index contributed by atoms with van der Waals surface area (Å²) in [6.07, 6.45) is 2.41. The first-order chi connectivity index (χ1) is 9.58. The van der Waals surface area contributed by atoms with Crippen LogP contribution in [0.2, 0.25) is 5.15 Å². The van der Waals surface area contributed by atoms with E-state index >= 15 is 0 Å². The van der Waals surface area contributed by atoms with Crippen molar-refractivity contribution in [2.45, 2.75) is 20.3 Å². The van der Waals surface area contributed by atoms with Crippen LogP contribution in [-0.4, -0.2) is 22.4 Å². The van der Waals surface area contributed by atoms with Gasteiger partial charge < -0.3 is 9.73 Å². The first-order valence-electron chi connectivity index (χ1n) is 6.23. The van der Waals surface area contributed by atoms with Gasteiger partial charge in [0.15, 0.2) is 0 Å². The fraction of sp³-hybridized carbons (Fsp3) is 0.308. The van der Waals surface area contributed by atoms with E-state index in [9.17, 15) is 4.79 Å². The molecule has 0 aliphatic rings. The summed E-state index contributed by atoms with van der Waals surface area (Å²) in [5, 5.41) is 5.89. The number of carbonyl (C=O) groups excluding carboxylic acids is 1. The molecule has 0 aliphatic heterocycles. The van der Waals surface area contributed by atoms with E-state index < -0.39 is 0 Å². The predicted molar refractivity (Wildman–Crippen MR) is 77.2 cm³/mol. The number of carbonyl (C=O) groups is 1. The Morgan fingerprint density at radius 2 is 2.20 bits per heavy atom. The molecule has 106 valence electrons. The molecule has 0 radical (unpaired) electrons. The highest BCUT2D eigenvalue weighted by molar-refractivity contribution is 6.30. The lowest BCUT2D eigenvalue weighted by molar-refractivity contribution is 0.102. The molecule has 0 bridgehead atoms. The molecule has 0 aromatic carbocycles. The number of nitrogens with one attached hydrogen (secondary N) is 2. The van der Waals surface area contributed by atoms with Gasteiger partial charge in [-0.2, -0.15) is 4.98 Å². The molecule has 0 aliphatic carbocycles. The van der Waals surface area contributed by atoms with Gasteiger partial charge in [-0.05, 0) is 25.5 Å². The van der Waals surface area contributed by atoms with Crippen LogP contribution in [0.3, 0.4) is 0 Å². The number of aryl methyl sites for hydroxylation is 1. The summed E-state index contributed by atoms with van der Waals surface area (Å²) in [4.78, 5) is 20.2. The highest BCUT2D eigenvalue weighted by Gasteiger charge is 2.12. The maximum absolute atomic E-state index is 12.1. The third-order valence-corrected chi connectivity index (χ3v) is 2.65. The highest BCUT2D eigenvalue weighted by Crippen LogP contribution is 2.16. The average molecular weight is 295 g/mol. The van der Waals surface area contributed by atoms with Crippen LogP contribution in [-0.2, 0) is 0 Å². The van der Waals surface area contributed by atoms with Crippen molar-refractivity contribution in [3.8, 4) is 0 Å². The normalized spacial score (nSPS) is 10.3. The Hall–Kier alpha value is -2.08. The van der Waals surface area contributed by atoms with Crippen molar-refractivity contribution >= 4 is 29.3 Å². The van der Waals surface area contributed by atoms with Crippen LogP contribution < -0.4 is 10.6 Å². The SMILES string of the molecule is CCCNc1cc(C(=O)Nc2nc(C)co2)cc(Cl)n1. The zero-order valence-corrected chi connectivity index (χ0v) is 12.0. The number of aromatic nitrogens is 2. The Kier molecular flexibility index (Phi) is 4.57. The van der Waals surface area contributed by atoms with E-state index in [0.717, 1.165) is 13.0 Å². The van der Waals surface area contributed by atoms with Gasteiger partial charge in [0, 0.05) is 12.1 Å². The molecule has 0 fully saturated rings. The average Bonchev–Trinajstić information content (AvgIpc) is 2.81. The van der Waals surface area contributed by atoms with Crippen molar-refractivity contribution < 1.29 is 9.21 Å². The standard InChI is InChI=1S/C13H15ClN4O2/c1-3-4-15-11-6-9(5-10(14)17-11)12(19)18-13-16-8(2)7-20-13/h5-7H,3-4H2,1-2H3,(H,15,17)(H,16,18,19). The molecule has 0 saturated carbocycles. The molecule has 20 heavy (non-hydrogen) atoms. The van der Waals surface area contributed by atoms with E-state index in [1.165, 1.54) is 12.3 Å². The van der Waals surface area contributed by atoms with Crippen LogP contribution in [0.4, 0.5) is 11.8 Å². The van der Waals surface area contributed by atoms with E-state index in [0.29, 0.717) is 17.1 Å². The van der Waals surface area contributed by atoms with E-state index in [4.69, 9.17) is 16.0 Å². The topological polar surface area (TPSA) is 80.0 Å². The fourth-order valence-electron chi connectivity index (χ4n) is 1.55. The second-order valence-corrected chi connectivity index (χ2v) is 4.63. The van der Waals surface area contributed by atoms with Gasteiger partial charge in [-0.3, -0.25) is 10.1 Å². The lowest BCUT2D eigenvalue weighted by Gasteiger charge is -2.07. The predicted octanol–water partition coefficient (Wildman–Crippen LogP) is 3.11. The third-order valence-electron chi connectivity index (χ3n) is 2.45. The van der Waals surface area contributed by atoms with Crippen molar-refractivity contribution in [1.82, 2.24) is 9.97 Å². The van der Waals surface area contributed by atoms with Crippen molar-refractivity contribution in [3.05, 3.63) is 34.8 Å². The first-order valence-corrected chi connectivity index (χ1v) is 6.61. The van der Waals surface area contributed by atoms with Crippen LogP contribution in [0.15, 0.2) is 22.8 Å². The summed E-state index contributed by atoms with van der Waals surface area (Å²) in [6, 6.07) is 3.28. The largest absolute Gasteiger partial charge is 0.432 e. The van der Waals surface area contributed by atoms with Crippen molar-refractivity contribution in [2.24, 2.45) is 0 Å². The maximum Gasteiger partial charge on any atom is 0.301 e. The van der Waals surface area contributed by atoms with Crippen LogP contribution in [0, 0.1) is 6.92 Å². The van der Waals surface area contributed by atoms with Crippen molar-refractivity contribution in [1.29, 1.82) is 0 Å². The molecule has 1 amide bonds. The summed E-state index contributed by atoms with van der Waals surface area (Å²) in [5.41, 5.74) is 1.08. The molecule has 2 rings (SSSR count). The maximum atomic E-state index is 12.1. The second-order valence-electron chi connectivity index (χ2n) is 4.24. The molecule has 2 aromatic heterocycles. The van der Waals surface area contributed by atoms with Gasteiger partial charge in [-0.25, -0.2) is 4.98 Å². The first kappa shape index (κ1) is 14.3. The fourth-order valence-corrected chi connectivity index (χ4v) is 1.76. The summed E-state index contributed by atoms with van der Waals surface area (Å²) in [6.45, 7) is 4.57. The molecular weight excluding hydrogens is 280 g/mol. The van der Waals surface area contributed by atoms with Crippen molar-refractivity contribution in [2.75, 3.05) is 17.2 Å². The Morgan fingerprint density at radius 3 is 2.85 bits per heavy atom. The number of halogens is 1. The summed E-state index contributed by atoms with van der Waals surface area (Å²) >= 11 is 5.91. The Bertz CT molecular complexity index is 612. The number of oxazole rings is 1. The minimum absolute atomic E-state index is 0.156. The van der Waals surface area contributed by atoms with Gasteiger partial charge in [-0.1, -0.05) is 18.5 Å². The lowest BCUT2D eigenvalue weighted by Crippen LogP contribution is -2.13. The van der Waals surface area contributed by atoms with Gasteiger partial charge in [0.05, 0.1) is 5.69 Å². The van der Waals surface area contributed by atoms with Gasteiger partial charge in [0.1, 0.15) is 17.2 Å². The van der Waals surface area contributed by atoms with E-state index in [-0.39, 0.29) is 17.1 Å². The minimum Gasteiger partial charge on any atom is -0.432 e. The van der Waals surface area contributed by atoms with Crippen LogP contribution in [0.5, 0.6) is 0 Å². The second kappa shape index (κ2) is 6.38. The van der Waals surface area contributed by atoms with E-state index in [1.807, 2.05) is 6.92 Å². The third kappa shape index (κ3) is 3.71. The number of pyridine rings is 1. The molecule has 6 nitrogen and oxygen atoms in total. The number of rotatable bonds is 5. The number of hydrogen-bond donors (Lipinski definition) is 2. The van der Waals surface area contributed by atoms with Crippen LogP contribution in [0.1, 0.15) is 29.4 Å². The molecule has 2 N–H and O–H groups in total. The quantitative estimate of drug-likeness (QED) is 0.828. The lowest BCUT2D eigenvalue weighted by atomic mass is 10.2. The van der Waals surface area contributed by atoms with E-state index in [2.05, 4.69) is 20.6 Å². The monoisotopic (exact) mass is 294 g/mol.